The van der Waals surface area contributed by atoms with Gasteiger partial charge in [-0.05, 0) is 46.5 Å². The van der Waals surface area contributed by atoms with Crippen LogP contribution in [-0.2, 0) is 4.74 Å². The van der Waals surface area contributed by atoms with E-state index in [2.05, 4.69) is 66.7 Å². The summed E-state index contributed by atoms with van der Waals surface area (Å²) in [6, 6.07) is 27.2. The van der Waals surface area contributed by atoms with Crippen molar-refractivity contribution in [1.82, 2.24) is 0 Å². The second-order valence-electron chi connectivity index (χ2n) is 7.28. The first kappa shape index (κ1) is 19.3. The van der Waals surface area contributed by atoms with Crippen LogP contribution in [0, 0.1) is 5.92 Å². The van der Waals surface area contributed by atoms with E-state index in [1.807, 2.05) is 18.2 Å². The van der Waals surface area contributed by atoms with Crippen molar-refractivity contribution in [2.75, 3.05) is 27.4 Å². The van der Waals surface area contributed by atoms with E-state index < -0.39 is 0 Å². The van der Waals surface area contributed by atoms with E-state index in [9.17, 15) is 0 Å². The molecule has 1 fully saturated rings. The van der Waals surface area contributed by atoms with Crippen LogP contribution in [0.4, 0.5) is 0 Å². The van der Waals surface area contributed by atoms with Crippen LogP contribution in [0.5, 0.6) is 11.5 Å². The molecule has 0 aliphatic carbocycles. The Balaban J connectivity index is 1.75. The number of hydrogen-bond acceptors (Lipinski definition) is 3. The Morgan fingerprint density at radius 3 is 2.28 bits per heavy atom. The lowest BCUT2D eigenvalue weighted by Gasteiger charge is -2.25. The standard InChI is InChI=1S/C26H26O3/c1-27-23-12-6-8-19(15-23)14-22-17-29-18-25(22)26(20-9-4-3-5-10-20)21-11-7-13-24(16-21)28-2/h3-16,25-26H,17-18H2,1-2H3/b22-14-/t25-,26-/m0/s1. The minimum absolute atomic E-state index is 0.200. The highest BCUT2D eigenvalue weighted by atomic mass is 16.5. The lowest BCUT2D eigenvalue weighted by Crippen LogP contribution is -2.16. The highest BCUT2D eigenvalue weighted by molar-refractivity contribution is 5.57. The molecule has 0 unspecified atom stereocenters. The summed E-state index contributed by atoms with van der Waals surface area (Å²) in [5, 5.41) is 0. The fourth-order valence-corrected chi connectivity index (χ4v) is 4.07. The summed E-state index contributed by atoms with van der Waals surface area (Å²) in [5.41, 5.74) is 4.96. The molecule has 0 N–H and O–H groups in total. The second kappa shape index (κ2) is 8.97. The van der Waals surface area contributed by atoms with Gasteiger partial charge < -0.3 is 14.2 Å². The van der Waals surface area contributed by atoms with Crippen LogP contribution in [0.1, 0.15) is 22.6 Å². The van der Waals surface area contributed by atoms with Gasteiger partial charge in [0.1, 0.15) is 11.5 Å². The summed E-state index contributed by atoms with van der Waals surface area (Å²) in [5.74, 6) is 2.20. The molecule has 3 aromatic rings. The Kier molecular flexibility index (Phi) is 5.97. The first-order chi connectivity index (χ1) is 14.3. The molecule has 1 saturated heterocycles. The van der Waals surface area contributed by atoms with Gasteiger partial charge in [-0.3, -0.25) is 0 Å². The third-order valence-electron chi connectivity index (χ3n) is 5.50. The smallest absolute Gasteiger partial charge is 0.119 e. The molecule has 0 amide bonds. The van der Waals surface area contributed by atoms with Gasteiger partial charge in [0.05, 0.1) is 27.4 Å². The van der Waals surface area contributed by atoms with Crippen molar-refractivity contribution in [1.29, 1.82) is 0 Å². The van der Waals surface area contributed by atoms with Crippen molar-refractivity contribution in [3.63, 3.8) is 0 Å². The molecular formula is C26H26O3. The molecule has 0 spiro atoms. The van der Waals surface area contributed by atoms with Crippen LogP contribution >= 0.6 is 0 Å². The van der Waals surface area contributed by atoms with Crippen LogP contribution in [0.25, 0.3) is 6.08 Å². The number of benzene rings is 3. The van der Waals surface area contributed by atoms with Gasteiger partial charge in [0, 0.05) is 11.8 Å². The van der Waals surface area contributed by atoms with E-state index in [-0.39, 0.29) is 11.8 Å². The fraction of sp³-hybridized carbons (Fsp3) is 0.231. The minimum Gasteiger partial charge on any atom is -0.497 e. The Morgan fingerprint density at radius 1 is 0.828 bits per heavy atom. The average Bonchev–Trinajstić information content (AvgIpc) is 3.22. The van der Waals surface area contributed by atoms with Crippen LogP contribution in [0.15, 0.2) is 84.4 Å². The van der Waals surface area contributed by atoms with Crippen molar-refractivity contribution in [3.8, 4) is 11.5 Å². The normalized spacial score (nSPS) is 18.6. The van der Waals surface area contributed by atoms with Crippen LogP contribution in [0.3, 0.4) is 0 Å². The van der Waals surface area contributed by atoms with Crippen LogP contribution in [0.2, 0.25) is 0 Å². The quantitative estimate of drug-likeness (QED) is 0.555. The predicted octanol–water partition coefficient (Wildman–Crippen LogP) is 5.57. The topological polar surface area (TPSA) is 27.7 Å². The van der Waals surface area contributed by atoms with Gasteiger partial charge in [-0.1, -0.05) is 60.7 Å². The number of ether oxygens (including phenoxy) is 3. The van der Waals surface area contributed by atoms with E-state index in [1.54, 1.807) is 14.2 Å². The summed E-state index contributed by atoms with van der Waals surface area (Å²) in [4.78, 5) is 0. The monoisotopic (exact) mass is 386 g/mol. The van der Waals surface area contributed by atoms with Gasteiger partial charge in [-0.2, -0.15) is 0 Å². The van der Waals surface area contributed by atoms with Gasteiger partial charge in [0.15, 0.2) is 0 Å². The third-order valence-corrected chi connectivity index (χ3v) is 5.50. The molecule has 1 heterocycles. The van der Waals surface area contributed by atoms with Crippen molar-refractivity contribution in [2.24, 2.45) is 5.92 Å². The average molecular weight is 386 g/mol. The maximum atomic E-state index is 5.95. The highest BCUT2D eigenvalue weighted by Crippen LogP contribution is 2.41. The Hall–Kier alpha value is -3.04. The molecule has 0 radical (unpaired) electrons. The summed E-state index contributed by atoms with van der Waals surface area (Å²) in [6.45, 7) is 1.35. The molecule has 3 aromatic carbocycles. The summed E-state index contributed by atoms with van der Waals surface area (Å²) in [6.07, 6.45) is 2.25. The molecule has 1 aliphatic rings. The van der Waals surface area contributed by atoms with Gasteiger partial charge in [0.25, 0.3) is 0 Å². The van der Waals surface area contributed by atoms with Gasteiger partial charge >= 0.3 is 0 Å². The van der Waals surface area contributed by atoms with E-state index in [4.69, 9.17) is 14.2 Å². The van der Waals surface area contributed by atoms with Crippen LogP contribution < -0.4 is 9.47 Å². The molecule has 148 valence electrons. The van der Waals surface area contributed by atoms with E-state index in [0.717, 1.165) is 17.1 Å². The maximum absolute atomic E-state index is 5.95. The largest absolute Gasteiger partial charge is 0.497 e. The molecule has 3 nitrogen and oxygen atoms in total. The Bertz CT molecular complexity index is 978. The molecule has 0 bridgehead atoms. The minimum atomic E-state index is 0.200. The van der Waals surface area contributed by atoms with Crippen molar-refractivity contribution in [3.05, 3.63) is 101 Å². The molecule has 0 saturated carbocycles. The molecule has 2 atom stereocenters. The summed E-state index contributed by atoms with van der Waals surface area (Å²) < 4.78 is 16.8. The molecule has 1 aliphatic heterocycles. The zero-order chi connectivity index (χ0) is 20.1. The maximum Gasteiger partial charge on any atom is 0.119 e. The van der Waals surface area contributed by atoms with Crippen LogP contribution in [-0.4, -0.2) is 27.4 Å². The lowest BCUT2D eigenvalue weighted by molar-refractivity contribution is 0.184. The number of methoxy groups -OCH3 is 2. The SMILES string of the molecule is COc1cccc(/C=C2/COC[C@@H]2[C@@H](c2ccccc2)c2cccc(OC)c2)c1. The van der Waals surface area contributed by atoms with Crippen molar-refractivity contribution < 1.29 is 14.2 Å². The van der Waals surface area contributed by atoms with Crippen molar-refractivity contribution in [2.45, 2.75) is 5.92 Å². The zero-order valence-electron chi connectivity index (χ0n) is 16.9. The molecule has 3 heteroatoms. The Labute approximate surface area is 172 Å². The van der Waals surface area contributed by atoms with Gasteiger partial charge in [-0.15, -0.1) is 0 Å². The first-order valence-electron chi connectivity index (χ1n) is 9.89. The molecule has 29 heavy (non-hydrogen) atoms. The van der Waals surface area contributed by atoms with Crippen molar-refractivity contribution >= 4 is 6.08 Å². The summed E-state index contributed by atoms with van der Waals surface area (Å²) in [7, 11) is 3.41. The highest BCUT2D eigenvalue weighted by Gasteiger charge is 2.32. The molecule has 0 aromatic heterocycles. The first-order valence-corrected chi connectivity index (χ1v) is 9.89. The summed E-state index contributed by atoms with van der Waals surface area (Å²) >= 11 is 0. The van der Waals surface area contributed by atoms with Gasteiger partial charge in [0.2, 0.25) is 0 Å². The zero-order valence-corrected chi connectivity index (χ0v) is 16.9. The van der Waals surface area contributed by atoms with E-state index in [1.165, 1.54) is 16.7 Å². The molecule has 4 rings (SSSR count). The van der Waals surface area contributed by atoms with Gasteiger partial charge in [-0.25, -0.2) is 0 Å². The molecular weight excluding hydrogens is 360 g/mol. The van der Waals surface area contributed by atoms with E-state index in [0.29, 0.717) is 13.2 Å². The fourth-order valence-electron chi connectivity index (χ4n) is 4.07. The number of rotatable bonds is 6. The second-order valence-corrected chi connectivity index (χ2v) is 7.28. The number of hydrogen-bond donors (Lipinski definition) is 0. The van der Waals surface area contributed by atoms with E-state index >= 15 is 0 Å². The predicted molar refractivity (Wildman–Crippen MR) is 117 cm³/mol. The Morgan fingerprint density at radius 2 is 1.52 bits per heavy atom. The third kappa shape index (κ3) is 4.36. The lowest BCUT2D eigenvalue weighted by atomic mass is 9.78.